The van der Waals surface area contributed by atoms with Gasteiger partial charge in [0.25, 0.3) is 0 Å². The average Bonchev–Trinajstić information content (AvgIpc) is 3.02. The number of aliphatic hydroxyl groups excluding tert-OH is 1. The van der Waals surface area contributed by atoms with E-state index in [2.05, 4.69) is 15.5 Å². The highest BCUT2D eigenvalue weighted by atomic mass is 32.2. The molecule has 1 heterocycles. The van der Waals surface area contributed by atoms with Crippen LogP contribution in [0.4, 0.5) is 0 Å². The lowest BCUT2D eigenvalue weighted by Crippen LogP contribution is -2.36. The van der Waals surface area contributed by atoms with Gasteiger partial charge in [0.15, 0.2) is 0 Å². The molecule has 6 nitrogen and oxygen atoms in total. The standard InChI is InChI=1S/C16H21N3O3S/c1-11-3-5-12(6-4-11)15-18-14(22-19-15)7-9-17-16(21)13(20)8-10-23-2/h3-6,13,20H,7-10H2,1-2H3,(H,17,21). The summed E-state index contributed by atoms with van der Waals surface area (Å²) in [7, 11) is 0. The average molecular weight is 335 g/mol. The van der Waals surface area contributed by atoms with Crippen molar-refractivity contribution >= 4 is 17.7 Å². The molecule has 1 unspecified atom stereocenters. The van der Waals surface area contributed by atoms with Crippen LogP contribution in [-0.2, 0) is 11.2 Å². The molecule has 0 aliphatic heterocycles. The van der Waals surface area contributed by atoms with Crippen molar-refractivity contribution in [1.82, 2.24) is 15.5 Å². The zero-order chi connectivity index (χ0) is 16.7. The van der Waals surface area contributed by atoms with E-state index in [0.29, 0.717) is 31.1 Å². The Morgan fingerprint density at radius 3 is 2.83 bits per heavy atom. The number of hydrogen-bond donors (Lipinski definition) is 2. The van der Waals surface area contributed by atoms with Crippen molar-refractivity contribution in [2.24, 2.45) is 0 Å². The van der Waals surface area contributed by atoms with Gasteiger partial charge in [0, 0.05) is 18.5 Å². The van der Waals surface area contributed by atoms with E-state index < -0.39 is 6.10 Å². The Labute approximate surface area is 139 Å². The SMILES string of the molecule is CSCCC(O)C(=O)NCCc1nc(-c2ccc(C)cc2)no1. The first-order chi connectivity index (χ1) is 11.1. The number of nitrogens with one attached hydrogen (secondary N) is 1. The number of benzene rings is 1. The molecule has 0 aliphatic rings. The molecule has 1 atom stereocenters. The Morgan fingerprint density at radius 1 is 1.39 bits per heavy atom. The third kappa shape index (κ3) is 5.37. The van der Waals surface area contributed by atoms with Gasteiger partial charge in [-0.15, -0.1) is 0 Å². The van der Waals surface area contributed by atoms with Crippen molar-refractivity contribution < 1.29 is 14.4 Å². The first-order valence-electron chi connectivity index (χ1n) is 7.44. The van der Waals surface area contributed by atoms with Crippen LogP contribution in [0.25, 0.3) is 11.4 Å². The molecule has 1 amide bonds. The van der Waals surface area contributed by atoms with E-state index in [4.69, 9.17) is 4.52 Å². The number of rotatable bonds is 8. The summed E-state index contributed by atoms with van der Waals surface area (Å²) >= 11 is 1.60. The van der Waals surface area contributed by atoms with Gasteiger partial charge in [0.2, 0.25) is 17.6 Å². The van der Waals surface area contributed by atoms with Gasteiger partial charge in [-0.3, -0.25) is 4.79 Å². The van der Waals surface area contributed by atoms with Gasteiger partial charge in [0.05, 0.1) is 0 Å². The van der Waals surface area contributed by atoms with Crippen molar-refractivity contribution in [3.8, 4) is 11.4 Å². The molecular weight excluding hydrogens is 314 g/mol. The highest BCUT2D eigenvalue weighted by molar-refractivity contribution is 7.98. The van der Waals surface area contributed by atoms with Crippen molar-refractivity contribution in [2.45, 2.75) is 25.9 Å². The van der Waals surface area contributed by atoms with Crippen LogP contribution in [-0.4, -0.2) is 45.8 Å². The molecule has 2 rings (SSSR count). The monoisotopic (exact) mass is 335 g/mol. The lowest BCUT2D eigenvalue weighted by atomic mass is 10.1. The molecule has 124 valence electrons. The van der Waals surface area contributed by atoms with Crippen LogP contribution >= 0.6 is 11.8 Å². The second-order valence-electron chi connectivity index (χ2n) is 5.22. The number of aromatic nitrogens is 2. The maximum atomic E-state index is 11.7. The van der Waals surface area contributed by atoms with E-state index in [1.165, 1.54) is 5.56 Å². The summed E-state index contributed by atoms with van der Waals surface area (Å²) in [5.41, 5.74) is 2.06. The summed E-state index contributed by atoms with van der Waals surface area (Å²) in [6.07, 6.45) is 1.85. The first kappa shape index (κ1) is 17.5. The molecule has 1 aromatic carbocycles. The van der Waals surface area contributed by atoms with Crippen molar-refractivity contribution in [2.75, 3.05) is 18.6 Å². The number of hydrogen-bond acceptors (Lipinski definition) is 6. The normalized spacial score (nSPS) is 12.1. The molecule has 0 fully saturated rings. The van der Waals surface area contributed by atoms with Crippen LogP contribution in [0.3, 0.4) is 0 Å². The molecule has 0 spiro atoms. The third-order valence-corrected chi connectivity index (χ3v) is 3.96. The summed E-state index contributed by atoms with van der Waals surface area (Å²) in [6, 6.07) is 7.85. The van der Waals surface area contributed by atoms with Crippen LogP contribution in [0, 0.1) is 6.92 Å². The number of aliphatic hydroxyl groups is 1. The number of carbonyl (C=O) groups is 1. The number of amides is 1. The zero-order valence-electron chi connectivity index (χ0n) is 13.3. The highest BCUT2D eigenvalue weighted by Crippen LogP contribution is 2.16. The summed E-state index contributed by atoms with van der Waals surface area (Å²) < 4.78 is 5.18. The lowest BCUT2D eigenvalue weighted by molar-refractivity contribution is -0.129. The predicted octanol–water partition coefficient (Wildman–Crippen LogP) is 1.82. The topological polar surface area (TPSA) is 88.2 Å². The zero-order valence-corrected chi connectivity index (χ0v) is 14.1. The maximum absolute atomic E-state index is 11.7. The van der Waals surface area contributed by atoms with E-state index in [1.807, 2.05) is 37.4 Å². The van der Waals surface area contributed by atoms with Crippen LogP contribution in [0.15, 0.2) is 28.8 Å². The molecule has 0 saturated carbocycles. The summed E-state index contributed by atoms with van der Waals surface area (Å²) in [6.45, 7) is 2.37. The molecule has 2 aromatic rings. The lowest BCUT2D eigenvalue weighted by Gasteiger charge is -2.09. The van der Waals surface area contributed by atoms with E-state index in [1.54, 1.807) is 11.8 Å². The first-order valence-corrected chi connectivity index (χ1v) is 8.84. The predicted molar refractivity (Wildman–Crippen MR) is 90.2 cm³/mol. The summed E-state index contributed by atoms with van der Waals surface area (Å²) in [4.78, 5) is 16.0. The van der Waals surface area contributed by atoms with Gasteiger partial charge in [0.1, 0.15) is 6.10 Å². The molecule has 0 radical (unpaired) electrons. The summed E-state index contributed by atoms with van der Waals surface area (Å²) in [5.74, 6) is 1.38. The van der Waals surface area contributed by atoms with Gasteiger partial charge in [-0.2, -0.15) is 16.7 Å². The molecule has 23 heavy (non-hydrogen) atoms. The molecular formula is C16H21N3O3S. The van der Waals surface area contributed by atoms with Gasteiger partial charge >= 0.3 is 0 Å². The molecule has 0 bridgehead atoms. The quantitative estimate of drug-likeness (QED) is 0.765. The van der Waals surface area contributed by atoms with Crippen molar-refractivity contribution in [1.29, 1.82) is 0 Å². The summed E-state index contributed by atoms with van der Waals surface area (Å²) in [5, 5.41) is 16.3. The second-order valence-corrected chi connectivity index (χ2v) is 6.20. The fourth-order valence-electron chi connectivity index (χ4n) is 1.95. The van der Waals surface area contributed by atoms with E-state index in [9.17, 15) is 9.90 Å². The molecule has 0 saturated heterocycles. The van der Waals surface area contributed by atoms with Crippen LogP contribution < -0.4 is 5.32 Å². The Balaban J connectivity index is 1.81. The van der Waals surface area contributed by atoms with E-state index in [-0.39, 0.29) is 5.91 Å². The van der Waals surface area contributed by atoms with Crippen molar-refractivity contribution in [3.05, 3.63) is 35.7 Å². The van der Waals surface area contributed by atoms with Gasteiger partial charge < -0.3 is 14.9 Å². The number of carbonyl (C=O) groups excluding carboxylic acids is 1. The highest BCUT2D eigenvalue weighted by Gasteiger charge is 2.14. The molecule has 1 aromatic heterocycles. The number of nitrogens with zero attached hydrogens (tertiary/aromatic N) is 2. The smallest absolute Gasteiger partial charge is 0.248 e. The van der Waals surface area contributed by atoms with E-state index >= 15 is 0 Å². The Morgan fingerprint density at radius 2 is 2.13 bits per heavy atom. The van der Waals surface area contributed by atoms with Crippen LogP contribution in [0.2, 0.25) is 0 Å². The number of thioether (sulfide) groups is 1. The van der Waals surface area contributed by atoms with Gasteiger partial charge in [-0.05, 0) is 25.4 Å². The minimum atomic E-state index is -0.965. The Hall–Kier alpha value is -1.86. The molecule has 7 heteroatoms. The van der Waals surface area contributed by atoms with E-state index in [0.717, 1.165) is 11.3 Å². The Kier molecular flexibility index (Phi) is 6.61. The van der Waals surface area contributed by atoms with Crippen molar-refractivity contribution in [3.63, 3.8) is 0 Å². The van der Waals surface area contributed by atoms with Crippen LogP contribution in [0.5, 0.6) is 0 Å². The second kappa shape index (κ2) is 8.69. The minimum absolute atomic E-state index is 0.352. The minimum Gasteiger partial charge on any atom is -0.383 e. The Bertz CT molecular complexity index is 628. The van der Waals surface area contributed by atoms with Crippen LogP contribution in [0.1, 0.15) is 17.9 Å². The third-order valence-electron chi connectivity index (χ3n) is 3.31. The maximum Gasteiger partial charge on any atom is 0.248 e. The fourth-order valence-corrected chi connectivity index (χ4v) is 2.41. The fraction of sp³-hybridized carbons (Fsp3) is 0.438. The largest absolute Gasteiger partial charge is 0.383 e. The molecule has 0 aliphatic carbocycles. The molecule has 2 N–H and O–H groups in total. The number of aryl methyl sites for hydroxylation is 1. The van der Waals surface area contributed by atoms with Gasteiger partial charge in [-0.25, -0.2) is 0 Å². The van der Waals surface area contributed by atoms with Gasteiger partial charge in [-0.1, -0.05) is 35.0 Å².